The Kier molecular flexibility index (Phi) is 2.32. The van der Waals surface area contributed by atoms with Gasteiger partial charge in [0.15, 0.2) is 9.99 Å². The molecule has 0 aliphatic carbocycles. The van der Waals surface area contributed by atoms with Gasteiger partial charge in [0, 0.05) is 0 Å². The van der Waals surface area contributed by atoms with Crippen molar-refractivity contribution in [1.29, 1.82) is 0 Å². The van der Waals surface area contributed by atoms with E-state index in [1.54, 1.807) is 11.8 Å². The summed E-state index contributed by atoms with van der Waals surface area (Å²) in [4.78, 5) is 22.0. The van der Waals surface area contributed by atoms with Gasteiger partial charge in [0.25, 0.3) is 5.56 Å². The van der Waals surface area contributed by atoms with Crippen molar-refractivity contribution in [2.24, 2.45) is 0 Å². The minimum Gasteiger partial charge on any atom is -0.312 e. The highest BCUT2D eigenvalue weighted by molar-refractivity contribution is 8.01. The number of hydrogen-bond acceptors (Lipinski definition) is 5. The summed E-state index contributed by atoms with van der Waals surface area (Å²) < 4.78 is 1.51. The predicted molar refractivity (Wildman–Crippen MR) is 54.4 cm³/mol. The lowest BCUT2D eigenvalue weighted by atomic mass is 10.6. The molecule has 0 spiro atoms. The van der Waals surface area contributed by atoms with Crippen molar-refractivity contribution in [3.05, 3.63) is 16.7 Å². The molecule has 2 aromatic heterocycles. The van der Waals surface area contributed by atoms with Gasteiger partial charge >= 0.3 is 0 Å². The van der Waals surface area contributed by atoms with Crippen LogP contribution in [0.3, 0.4) is 0 Å². The number of fused-ring (bicyclic) bond motifs is 1. The van der Waals surface area contributed by atoms with Crippen LogP contribution in [0.5, 0.6) is 0 Å². The van der Waals surface area contributed by atoms with Crippen molar-refractivity contribution < 1.29 is 0 Å². The van der Waals surface area contributed by atoms with Crippen molar-refractivity contribution in [1.82, 2.24) is 15.0 Å². The highest BCUT2D eigenvalue weighted by Gasteiger charge is 2.06. The molecule has 0 saturated carbocycles. The Labute approximate surface area is 82.4 Å². The third-order valence-electron chi connectivity index (χ3n) is 1.45. The molecule has 0 unspecified atom stereocenters. The van der Waals surface area contributed by atoms with Gasteiger partial charge in [0.1, 0.15) is 4.70 Å². The van der Waals surface area contributed by atoms with Crippen LogP contribution in [0.2, 0.25) is 0 Å². The molecule has 0 radical (unpaired) electrons. The number of thiazole rings is 1. The van der Waals surface area contributed by atoms with E-state index in [-0.39, 0.29) is 5.56 Å². The summed E-state index contributed by atoms with van der Waals surface area (Å²) in [6.07, 6.45) is 1.38. The quantitative estimate of drug-likeness (QED) is 0.768. The van der Waals surface area contributed by atoms with Crippen LogP contribution in [0.4, 0.5) is 0 Å². The van der Waals surface area contributed by atoms with Crippen molar-refractivity contribution >= 4 is 33.4 Å². The van der Waals surface area contributed by atoms with Gasteiger partial charge in [0.05, 0.1) is 6.33 Å². The second-order valence-electron chi connectivity index (χ2n) is 2.30. The first-order valence-corrected chi connectivity index (χ1v) is 5.58. The Morgan fingerprint density at radius 3 is 3.23 bits per heavy atom. The summed E-state index contributed by atoms with van der Waals surface area (Å²) in [6.45, 7) is 2.05. The van der Waals surface area contributed by atoms with Gasteiger partial charge < -0.3 is 4.98 Å². The number of nitrogens with zero attached hydrogens (tertiary/aromatic N) is 2. The molecule has 6 heteroatoms. The van der Waals surface area contributed by atoms with Gasteiger partial charge in [-0.05, 0) is 5.75 Å². The molecule has 0 amide bonds. The minimum atomic E-state index is -0.106. The number of hydrogen-bond donors (Lipinski definition) is 1. The van der Waals surface area contributed by atoms with Crippen LogP contribution in [-0.2, 0) is 0 Å². The fourth-order valence-electron chi connectivity index (χ4n) is 0.931. The van der Waals surface area contributed by atoms with E-state index in [2.05, 4.69) is 15.0 Å². The molecular weight excluding hydrogens is 206 g/mol. The van der Waals surface area contributed by atoms with E-state index in [0.29, 0.717) is 10.3 Å². The number of H-pyrrole nitrogens is 1. The monoisotopic (exact) mass is 213 g/mol. The van der Waals surface area contributed by atoms with E-state index < -0.39 is 0 Å². The topological polar surface area (TPSA) is 58.6 Å². The molecule has 1 N–H and O–H groups in total. The normalized spacial score (nSPS) is 10.8. The summed E-state index contributed by atoms with van der Waals surface area (Å²) in [5, 5.41) is 0. The van der Waals surface area contributed by atoms with Crippen molar-refractivity contribution in [3.63, 3.8) is 0 Å². The van der Waals surface area contributed by atoms with Crippen LogP contribution in [0.1, 0.15) is 6.92 Å². The molecular formula is C7H7N3OS2. The molecule has 0 saturated heterocycles. The summed E-state index contributed by atoms with van der Waals surface area (Å²) >= 11 is 3.02. The SMILES string of the molecule is CCSc1nc2nc[nH]c(=O)c2s1. The number of rotatable bonds is 2. The molecule has 2 heterocycles. The second kappa shape index (κ2) is 3.47. The van der Waals surface area contributed by atoms with E-state index in [1.807, 2.05) is 6.92 Å². The van der Waals surface area contributed by atoms with Crippen LogP contribution < -0.4 is 5.56 Å². The average molecular weight is 213 g/mol. The summed E-state index contributed by atoms with van der Waals surface area (Å²) in [6, 6.07) is 0. The van der Waals surface area contributed by atoms with Crippen LogP contribution >= 0.6 is 23.1 Å². The van der Waals surface area contributed by atoms with Crippen molar-refractivity contribution in [2.75, 3.05) is 5.75 Å². The maximum atomic E-state index is 11.3. The zero-order valence-electron chi connectivity index (χ0n) is 6.90. The zero-order chi connectivity index (χ0) is 9.26. The highest BCUT2D eigenvalue weighted by atomic mass is 32.2. The van der Waals surface area contributed by atoms with Crippen LogP contribution in [-0.4, -0.2) is 20.7 Å². The molecule has 0 bridgehead atoms. The molecule has 0 aromatic carbocycles. The van der Waals surface area contributed by atoms with Gasteiger partial charge in [0.2, 0.25) is 0 Å². The number of aromatic nitrogens is 3. The highest BCUT2D eigenvalue weighted by Crippen LogP contribution is 2.25. The molecule has 2 aromatic rings. The molecule has 0 aliphatic heterocycles. The fourth-order valence-corrected chi connectivity index (χ4v) is 2.82. The standard InChI is InChI=1S/C7H7N3OS2/c1-2-12-7-10-5-4(13-7)6(11)9-3-8-5/h3H,2H2,1H3,(H,8,9,11). The first-order chi connectivity index (χ1) is 6.31. The Bertz CT molecular complexity index is 476. The molecule has 2 rings (SSSR count). The van der Waals surface area contributed by atoms with Crippen LogP contribution in [0.15, 0.2) is 15.5 Å². The van der Waals surface area contributed by atoms with E-state index in [4.69, 9.17) is 0 Å². The lowest BCUT2D eigenvalue weighted by Gasteiger charge is -1.84. The Balaban J connectivity index is 2.62. The smallest absolute Gasteiger partial charge is 0.270 e. The Hall–Kier alpha value is -0.880. The Morgan fingerprint density at radius 1 is 1.69 bits per heavy atom. The third-order valence-corrected chi connectivity index (χ3v) is 3.51. The van der Waals surface area contributed by atoms with Crippen LogP contribution in [0, 0.1) is 0 Å². The summed E-state index contributed by atoms with van der Waals surface area (Å²) in [5.41, 5.74) is 0.440. The molecule has 68 valence electrons. The first-order valence-electron chi connectivity index (χ1n) is 3.78. The second-order valence-corrected chi connectivity index (χ2v) is 4.81. The molecule has 4 nitrogen and oxygen atoms in total. The average Bonchev–Trinajstić information content (AvgIpc) is 2.49. The van der Waals surface area contributed by atoms with E-state index >= 15 is 0 Å². The largest absolute Gasteiger partial charge is 0.312 e. The van der Waals surface area contributed by atoms with Crippen molar-refractivity contribution in [3.8, 4) is 0 Å². The number of aromatic amines is 1. The summed E-state index contributed by atoms with van der Waals surface area (Å²) in [5.74, 6) is 0.956. The van der Waals surface area contributed by atoms with Gasteiger partial charge in [-0.25, -0.2) is 9.97 Å². The molecule has 0 atom stereocenters. The van der Waals surface area contributed by atoms with Crippen molar-refractivity contribution in [2.45, 2.75) is 11.3 Å². The molecule has 0 fully saturated rings. The van der Waals surface area contributed by atoms with E-state index in [0.717, 1.165) is 10.1 Å². The van der Waals surface area contributed by atoms with Gasteiger partial charge in [-0.2, -0.15) is 0 Å². The van der Waals surface area contributed by atoms with Gasteiger partial charge in [-0.15, -0.1) is 11.3 Å². The Morgan fingerprint density at radius 2 is 2.54 bits per heavy atom. The third kappa shape index (κ3) is 1.59. The maximum absolute atomic E-state index is 11.3. The maximum Gasteiger partial charge on any atom is 0.270 e. The molecule has 13 heavy (non-hydrogen) atoms. The lowest BCUT2D eigenvalue weighted by Crippen LogP contribution is -2.03. The predicted octanol–water partition coefficient (Wildman–Crippen LogP) is 1.49. The van der Waals surface area contributed by atoms with Gasteiger partial charge in [-0.1, -0.05) is 18.7 Å². The first kappa shape index (κ1) is 8.71. The molecule has 0 aliphatic rings. The number of thioether (sulfide) groups is 1. The number of nitrogens with one attached hydrogen (secondary N) is 1. The minimum absolute atomic E-state index is 0.106. The van der Waals surface area contributed by atoms with Gasteiger partial charge in [-0.3, -0.25) is 4.79 Å². The van der Waals surface area contributed by atoms with E-state index in [1.165, 1.54) is 17.7 Å². The lowest BCUT2D eigenvalue weighted by molar-refractivity contribution is 1.14. The summed E-state index contributed by atoms with van der Waals surface area (Å²) in [7, 11) is 0. The van der Waals surface area contributed by atoms with E-state index in [9.17, 15) is 4.79 Å². The zero-order valence-corrected chi connectivity index (χ0v) is 8.54. The fraction of sp³-hybridized carbons (Fsp3) is 0.286. The van der Waals surface area contributed by atoms with Crippen LogP contribution in [0.25, 0.3) is 10.3 Å².